The lowest BCUT2D eigenvalue weighted by Crippen LogP contribution is -2.34. The molecule has 0 aliphatic heterocycles. The Bertz CT molecular complexity index is 174. The van der Waals surface area contributed by atoms with Crippen molar-refractivity contribution in [2.24, 2.45) is 11.8 Å². The van der Waals surface area contributed by atoms with Crippen LogP contribution in [0.15, 0.2) is 0 Å². The number of hydrogen-bond donors (Lipinski definition) is 2. The van der Waals surface area contributed by atoms with Gasteiger partial charge in [-0.2, -0.15) is 0 Å². The van der Waals surface area contributed by atoms with Gasteiger partial charge in [0.05, 0.1) is 6.54 Å². The van der Waals surface area contributed by atoms with Gasteiger partial charge in [-0.05, 0) is 31.2 Å². The third-order valence-electron chi connectivity index (χ3n) is 3.13. The van der Waals surface area contributed by atoms with Crippen LogP contribution in [-0.4, -0.2) is 26.0 Å². The molecule has 1 aliphatic carbocycles. The molecule has 0 aromatic carbocycles. The highest BCUT2D eigenvalue weighted by molar-refractivity contribution is 5.77. The van der Waals surface area contributed by atoms with Crippen LogP contribution in [0.2, 0.25) is 0 Å². The van der Waals surface area contributed by atoms with Crippen LogP contribution in [0.5, 0.6) is 0 Å². The summed E-state index contributed by atoms with van der Waals surface area (Å²) < 4.78 is 0. The molecular formula is C11H22N2O. The fourth-order valence-electron chi connectivity index (χ4n) is 2.01. The highest BCUT2D eigenvalue weighted by Crippen LogP contribution is 2.27. The molecule has 0 bridgehead atoms. The van der Waals surface area contributed by atoms with Gasteiger partial charge in [0, 0.05) is 7.05 Å². The molecule has 3 nitrogen and oxygen atoms in total. The third kappa shape index (κ3) is 4.09. The first kappa shape index (κ1) is 11.5. The predicted octanol–water partition coefficient (Wildman–Crippen LogP) is 1.15. The fraction of sp³-hybridized carbons (Fsp3) is 0.909. The average molecular weight is 198 g/mol. The SMILES string of the molecule is CNC(=O)CNCC1CCC(C)CC1. The van der Waals surface area contributed by atoms with E-state index < -0.39 is 0 Å². The van der Waals surface area contributed by atoms with Gasteiger partial charge in [-0.1, -0.05) is 19.8 Å². The van der Waals surface area contributed by atoms with E-state index in [2.05, 4.69) is 17.6 Å². The molecule has 14 heavy (non-hydrogen) atoms. The summed E-state index contributed by atoms with van der Waals surface area (Å²) in [6, 6.07) is 0. The topological polar surface area (TPSA) is 41.1 Å². The van der Waals surface area contributed by atoms with Gasteiger partial charge in [0.15, 0.2) is 0 Å². The van der Waals surface area contributed by atoms with Crippen molar-refractivity contribution in [3.8, 4) is 0 Å². The van der Waals surface area contributed by atoms with Gasteiger partial charge < -0.3 is 10.6 Å². The van der Waals surface area contributed by atoms with Crippen molar-refractivity contribution in [3.63, 3.8) is 0 Å². The minimum Gasteiger partial charge on any atom is -0.358 e. The van der Waals surface area contributed by atoms with Crippen molar-refractivity contribution in [1.82, 2.24) is 10.6 Å². The Balaban J connectivity index is 2.04. The van der Waals surface area contributed by atoms with E-state index in [9.17, 15) is 4.79 Å². The zero-order valence-electron chi connectivity index (χ0n) is 9.31. The Hall–Kier alpha value is -0.570. The molecule has 1 aliphatic rings. The van der Waals surface area contributed by atoms with E-state index in [-0.39, 0.29) is 5.91 Å². The average Bonchev–Trinajstić information content (AvgIpc) is 2.21. The van der Waals surface area contributed by atoms with Gasteiger partial charge in [-0.25, -0.2) is 0 Å². The molecule has 82 valence electrons. The van der Waals surface area contributed by atoms with Gasteiger partial charge >= 0.3 is 0 Å². The third-order valence-corrected chi connectivity index (χ3v) is 3.13. The zero-order chi connectivity index (χ0) is 10.4. The molecule has 2 N–H and O–H groups in total. The van der Waals surface area contributed by atoms with Crippen molar-refractivity contribution in [2.45, 2.75) is 32.6 Å². The summed E-state index contributed by atoms with van der Waals surface area (Å²) in [6.07, 6.45) is 5.35. The largest absolute Gasteiger partial charge is 0.358 e. The lowest BCUT2D eigenvalue weighted by atomic mass is 9.83. The minimum absolute atomic E-state index is 0.0779. The molecule has 0 aromatic rings. The monoisotopic (exact) mass is 198 g/mol. The quantitative estimate of drug-likeness (QED) is 0.711. The minimum atomic E-state index is 0.0779. The van der Waals surface area contributed by atoms with E-state index in [0.717, 1.165) is 18.4 Å². The van der Waals surface area contributed by atoms with Crippen LogP contribution in [-0.2, 0) is 4.79 Å². The Morgan fingerprint density at radius 3 is 2.50 bits per heavy atom. The van der Waals surface area contributed by atoms with Gasteiger partial charge in [-0.15, -0.1) is 0 Å². The summed E-state index contributed by atoms with van der Waals surface area (Å²) in [6.45, 7) is 3.79. The van der Waals surface area contributed by atoms with E-state index in [4.69, 9.17) is 0 Å². The Morgan fingerprint density at radius 2 is 1.93 bits per heavy atom. The Morgan fingerprint density at radius 1 is 1.29 bits per heavy atom. The van der Waals surface area contributed by atoms with Crippen LogP contribution in [0.3, 0.4) is 0 Å². The van der Waals surface area contributed by atoms with E-state index in [1.807, 2.05) is 0 Å². The first-order valence-corrected chi connectivity index (χ1v) is 5.63. The molecule has 0 heterocycles. The molecule has 0 atom stereocenters. The van der Waals surface area contributed by atoms with Gasteiger partial charge in [0.25, 0.3) is 0 Å². The molecule has 0 saturated heterocycles. The van der Waals surface area contributed by atoms with Crippen LogP contribution in [0.4, 0.5) is 0 Å². The zero-order valence-corrected chi connectivity index (χ0v) is 9.31. The molecule has 1 saturated carbocycles. The van der Waals surface area contributed by atoms with Crippen LogP contribution < -0.4 is 10.6 Å². The van der Waals surface area contributed by atoms with Crippen molar-refractivity contribution < 1.29 is 4.79 Å². The molecule has 0 radical (unpaired) electrons. The maximum absolute atomic E-state index is 10.9. The number of carbonyl (C=O) groups excluding carboxylic acids is 1. The van der Waals surface area contributed by atoms with Crippen molar-refractivity contribution >= 4 is 5.91 Å². The summed E-state index contributed by atoms with van der Waals surface area (Å²) in [5.74, 6) is 1.77. The maximum atomic E-state index is 10.9. The van der Waals surface area contributed by atoms with Crippen LogP contribution in [0, 0.1) is 11.8 Å². The maximum Gasteiger partial charge on any atom is 0.233 e. The number of carbonyl (C=O) groups is 1. The molecule has 3 heteroatoms. The van der Waals surface area contributed by atoms with Crippen LogP contribution >= 0.6 is 0 Å². The van der Waals surface area contributed by atoms with Crippen LogP contribution in [0.1, 0.15) is 32.6 Å². The van der Waals surface area contributed by atoms with E-state index in [0.29, 0.717) is 6.54 Å². The second-order valence-corrected chi connectivity index (χ2v) is 4.43. The number of likely N-dealkylation sites (N-methyl/N-ethyl adjacent to an activating group) is 1. The smallest absolute Gasteiger partial charge is 0.233 e. The number of amides is 1. The Labute approximate surface area is 86.6 Å². The highest BCUT2D eigenvalue weighted by atomic mass is 16.1. The molecule has 0 aromatic heterocycles. The molecule has 1 fully saturated rings. The second kappa shape index (κ2) is 6.02. The molecule has 0 unspecified atom stereocenters. The van der Waals surface area contributed by atoms with Crippen LogP contribution in [0.25, 0.3) is 0 Å². The Kier molecular flexibility index (Phi) is 4.94. The molecular weight excluding hydrogens is 176 g/mol. The first-order valence-electron chi connectivity index (χ1n) is 5.63. The predicted molar refractivity (Wildman–Crippen MR) is 58.1 cm³/mol. The summed E-state index contributed by atoms with van der Waals surface area (Å²) in [5.41, 5.74) is 0. The molecule has 0 spiro atoms. The molecule has 1 rings (SSSR count). The summed E-state index contributed by atoms with van der Waals surface area (Å²) in [7, 11) is 1.67. The highest BCUT2D eigenvalue weighted by Gasteiger charge is 2.17. The fourth-order valence-corrected chi connectivity index (χ4v) is 2.01. The standard InChI is InChI=1S/C11H22N2O/c1-9-3-5-10(6-4-9)7-13-8-11(14)12-2/h9-10,13H,3-8H2,1-2H3,(H,12,14). The normalized spacial score (nSPS) is 27.3. The van der Waals surface area contributed by atoms with Gasteiger partial charge in [-0.3, -0.25) is 4.79 Å². The first-order chi connectivity index (χ1) is 6.72. The van der Waals surface area contributed by atoms with E-state index in [1.54, 1.807) is 7.05 Å². The lowest BCUT2D eigenvalue weighted by molar-refractivity contribution is -0.119. The second-order valence-electron chi connectivity index (χ2n) is 4.43. The van der Waals surface area contributed by atoms with Gasteiger partial charge in [0.2, 0.25) is 5.91 Å². The lowest BCUT2D eigenvalue weighted by Gasteiger charge is -2.26. The van der Waals surface area contributed by atoms with Crippen molar-refractivity contribution in [2.75, 3.05) is 20.1 Å². The molecule has 1 amide bonds. The van der Waals surface area contributed by atoms with E-state index >= 15 is 0 Å². The summed E-state index contributed by atoms with van der Waals surface area (Å²) >= 11 is 0. The van der Waals surface area contributed by atoms with E-state index in [1.165, 1.54) is 25.7 Å². The number of rotatable bonds is 4. The summed E-state index contributed by atoms with van der Waals surface area (Å²) in [4.78, 5) is 10.9. The number of hydrogen-bond acceptors (Lipinski definition) is 2. The van der Waals surface area contributed by atoms with Crippen molar-refractivity contribution in [1.29, 1.82) is 0 Å². The summed E-state index contributed by atoms with van der Waals surface area (Å²) in [5, 5.41) is 5.82. The number of nitrogens with one attached hydrogen (secondary N) is 2. The van der Waals surface area contributed by atoms with Crippen molar-refractivity contribution in [3.05, 3.63) is 0 Å². The van der Waals surface area contributed by atoms with Gasteiger partial charge in [0.1, 0.15) is 0 Å².